The second-order valence-corrected chi connectivity index (χ2v) is 4.77. The second-order valence-electron chi connectivity index (χ2n) is 4.77. The molecule has 0 unspecified atom stereocenters. The predicted molar refractivity (Wildman–Crippen MR) is 84.7 cm³/mol. The number of anilines is 2. The van der Waals surface area contributed by atoms with Crippen LogP contribution in [0.4, 0.5) is 11.8 Å². The van der Waals surface area contributed by atoms with Gasteiger partial charge >= 0.3 is 0 Å². The van der Waals surface area contributed by atoms with E-state index < -0.39 is 0 Å². The second kappa shape index (κ2) is 8.41. The van der Waals surface area contributed by atoms with Crippen molar-refractivity contribution in [2.45, 2.75) is 33.1 Å². The van der Waals surface area contributed by atoms with Crippen molar-refractivity contribution in [1.82, 2.24) is 19.9 Å². The molecule has 0 aromatic carbocycles. The average Bonchev–Trinajstić information content (AvgIpc) is 2.95. The van der Waals surface area contributed by atoms with Crippen LogP contribution in [0.5, 0.6) is 0 Å². The Balaban J connectivity index is 1.87. The van der Waals surface area contributed by atoms with E-state index >= 15 is 0 Å². The Morgan fingerprint density at radius 3 is 2.81 bits per heavy atom. The first-order valence-electron chi connectivity index (χ1n) is 7.61. The van der Waals surface area contributed by atoms with Crippen LogP contribution >= 0.6 is 0 Å². The molecule has 0 aliphatic rings. The van der Waals surface area contributed by atoms with Crippen LogP contribution in [-0.4, -0.2) is 46.2 Å². The van der Waals surface area contributed by atoms with Crippen LogP contribution in [0.25, 0.3) is 11.2 Å². The molecule has 0 fully saturated rings. The minimum atomic E-state index is 0.596. The van der Waals surface area contributed by atoms with Gasteiger partial charge in [0.05, 0.1) is 6.33 Å². The quantitative estimate of drug-likeness (QED) is 0.583. The molecule has 0 spiro atoms. The van der Waals surface area contributed by atoms with Crippen LogP contribution < -0.4 is 10.6 Å². The first-order valence-corrected chi connectivity index (χ1v) is 7.61. The van der Waals surface area contributed by atoms with Crippen molar-refractivity contribution in [3.05, 3.63) is 6.33 Å². The van der Waals surface area contributed by atoms with Gasteiger partial charge in [0.15, 0.2) is 11.5 Å². The molecule has 116 valence electrons. The largest absolute Gasteiger partial charge is 0.381 e. The van der Waals surface area contributed by atoms with Crippen molar-refractivity contribution in [1.29, 1.82) is 0 Å². The van der Waals surface area contributed by atoms with Crippen LogP contribution in [0.15, 0.2) is 6.33 Å². The number of H-pyrrole nitrogens is 1. The zero-order chi connectivity index (χ0) is 14.9. The van der Waals surface area contributed by atoms with E-state index in [9.17, 15) is 0 Å². The minimum Gasteiger partial charge on any atom is -0.381 e. The summed E-state index contributed by atoms with van der Waals surface area (Å²) in [6, 6.07) is 0. The Labute approximate surface area is 124 Å². The van der Waals surface area contributed by atoms with Gasteiger partial charge in [0.25, 0.3) is 0 Å². The molecule has 0 bridgehead atoms. The third-order valence-electron chi connectivity index (χ3n) is 3.02. The van der Waals surface area contributed by atoms with Gasteiger partial charge < -0.3 is 20.4 Å². The molecular weight excluding hydrogens is 268 g/mol. The van der Waals surface area contributed by atoms with Gasteiger partial charge in [0.2, 0.25) is 5.95 Å². The van der Waals surface area contributed by atoms with Gasteiger partial charge in [-0.1, -0.05) is 13.3 Å². The Kier molecular flexibility index (Phi) is 6.21. The van der Waals surface area contributed by atoms with Gasteiger partial charge in [-0.05, 0) is 19.8 Å². The van der Waals surface area contributed by atoms with E-state index in [1.807, 2.05) is 6.92 Å². The fourth-order valence-corrected chi connectivity index (χ4v) is 1.93. The van der Waals surface area contributed by atoms with Crippen LogP contribution in [0.2, 0.25) is 0 Å². The highest BCUT2D eigenvalue weighted by Gasteiger charge is 2.08. The van der Waals surface area contributed by atoms with E-state index in [1.165, 1.54) is 6.42 Å². The monoisotopic (exact) mass is 292 g/mol. The highest BCUT2D eigenvalue weighted by atomic mass is 16.5. The Bertz CT molecular complexity index is 541. The molecule has 2 aromatic heterocycles. The van der Waals surface area contributed by atoms with E-state index in [2.05, 4.69) is 37.5 Å². The van der Waals surface area contributed by atoms with Gasteiger partial charge in [-0.15, -0.1) is 0 Å². The molecule has 0 saturated carbocycles. The molecule has 0 aliphatic heterocycles. The van der Waals surface area contributed by atoms with Crippen LogP contribution in [0.3, 0.4) is 0 Å². The summed E-state index contributed by atoms with van der Waals surface area (Å²) in [7, 11) is 0. The summed E-state index contributed by atoms with van der Waals surface area (Å²) in [5, 5.41) is 6.43. The van der Waals surface area contributed by atoms with Gasteiger partial charge in [-0.3, -0.25) is 0 Å². The number of fused-ring (bicyclic) bond motifs is 1. The molecular formula is C14H24N6O. The summed E-state index contributed by atoms with van der Waals surface area (Å²) in [5.41, 5.74) is 1.51. The molecule has 2 heterocycles. The highest BCUT2D eigenvalue weighted by molar-refractivity contribution is 5.83. The third kappa shape index (κ3) is 4.56. The molecule has 0 radical (unpaired) electrons. The fourth-order valence-electron chi connectivity index (χ4n) is 1.93. The maximum atomic E-state index is 5.54. The van der Waals surface area contributed by atoms with Gasteiger partial charge in [-0.25, -0.2) is 4.98 Å². The van der Waals surface area contributed by atoms with Crippen molar-refractivity contribution in [3.8, 4) is 0 Å². The average molecular weight is 292 g/mol. The topological polar surface area (TPSA) is 87.8 Å². The van der Waals surface area contributed by atoms with E-state index in [1.54, 1.807) is 6.33 Å². The number of unbranched alkanes of at least 4 members (excludes halogenated alkanes) is 1. The summed E-state index contributed by atoms with van der Waals surface area (Å²) in [6.07, 6.45) is 4.87. The van der Waals surface area contributed by atoms with Crippen molar-refractivity contribution < 1.29 is 4.74 Å². The van der Waals surface area contributed by atoms with E-state index in [4.69, 9.17) is 4.74 Å². The summed E-state index contributed by atoms with van der Waals surface area (Å²) >= 11 is 0. The number of aromatic amines is 1. The molecule has 2 rings (SSSR count). The van der Waals surface area contributed by atoms with Crippen molar-refractivity contribution in [3.63, 3.8) is 0 Å². The number of hydrogen-bond acceptors (Lipinski definition) is 6. The Morgan fingerprint density at radius 1 is 1.14 bits per heavy atom. The van der Waals surface area contributed by atoms with Crippen LogP contribution in [-0.2, 0) is 4.74 Å². The normalized spacial score (nSPS) is 11.0. The van der Waals surface area contributed by atoms with Crippen molar-refractivity contribution in [2.24, 2.45) is 0 Å². The molecule has 21 heavy (non-hydrogen) atoms. The lowest BCUT2D eigenvalue weighted by atomic mass is 10.3. The molecule has 2 aromatic rings. The van der Waals surface area contributed by atoms with E-state index in [0.717, 1.165) is 50.5 Å². The van der Waals surface area contributed by atoms with Crippen molar-refractivity contribution in [2.75, 3.05) is 36.9 Å². The number of imidazole rings is 1. The lowest BCUT2D eigenvalue weighted by Crippen LogP contribution is -2.10. The fraction of sp³-hybridized carbons (Fsp3) is 0.643. The molecule has 0 aliphatic carbocycles. The third-order valence-corrected chi connectivity index (χ3v) is 3.02. The Morgan fingerprint density at radius 2 is 2.00 bits per heavy atom. The van der Waals surface area contributed by atoms with E-state index in [0.29, 0.717) is 11.6 Å². The predicted octanol–water partition coefficient (Wildman–Crippen LogP) is 2.40. The molecule has 7 nitrogen and oxygen atoms in total. The van der Waals surface area contributed by atoms with Crippen LogP contribution in [0.1, 0.15) is 33.1 Å². The zero-order valence-corrected chi connectivity index (χ0v) is 12.8. The van der Waals surface area contributed by atoms with Gasteiger partial charge in [-0.2, -0.15) is 9.97 Å². The number of ether oxygens (including phenoxy) is 1. The molecule has 0 atom stereocenters. The lowest BCUT2D eigenvalue weighted by molar-refractivity contribution is 0.131. The summed E-state index contributed by atoms with van der Waals surface area (Å²) in [6.45, 7) is 7.38. The lowest BCUT2D eigenvalue weighted by Gasteiger charge is -2.09. The standard InChI is InChI=1S/C14H24N6O/c1-3-5-8-21-9-6-7-16-12-11-13(18-10-17-11)20-14(19-12)15-4-2/h10H,3-9H2,1-2H3,(H3,15,16,17,18,19,20). The molecule has 0 saturated heterocycles. The number of hydrogen-bond donors (Lipinski definition) is 3. The van der Waals surface area contributed by atoms with Gasteiger partial charge in [0, 0.05) is 26.3 Å². The highest BCUT2D eigenvalue weighted by Crippen LogP contribution is 2.18. The van der Waals surface area contributed by atoms with E-state index in [-0.39, 0.29) is 0 Å². The SMILES string of the molecule is CCCCOCCCNc1nc(NCC)nc2nc[nH]c12. The Hall–Kier alpha value is -1.89. The van der Waals surface area contributed by atoms with Crippen LogP contribution in [0, 0.1) is 0 Å². The maximum Gasteiger partial charge on any atom is 0.226 e. The summed E-state index contributed by atoms with van der Waals surface area (Å²) in [5.74, 6) is 1.38. The van der Waals surface area contributed by atoms with Gasteiger partial charge in [0.1, 0.15) is 5.52 Å². The number of aromatic nitrogens is 4. The zero-order valence-electron chi connectivity index (χ0n) is 12.8. The summed E-state index contributed by atoms with van der Waals surface area (Å²) in [4.78, 5) is 16.1. The minimum absolute atomic E-state index is 0.596. The number of rotatable bonds is 10. The smallest absolute Gasteiger partial charge is 0.226 e. The maximum absolute atomic E-state index is 5.54. The number of nitrogens with zero attached hydrogens (tertiary/aromatic N) is 3. The number of nitrogens with one attached hydrogen (secondary N) is 3. The first-order chi connectivity index (χ1) is 10.3. The van der Waals surface area contributed by atoms with Crippen molar-refractivity contribution >= 4 is 22.9 Å². The summed E-state index contributed by atoms with van der Waals surface area (Å²) < 4.78 is 5.54. The molecule has 0 amide bonds. The molecule has 3 N–H and O–H groups in total. The first kappa shape index (κ1) is 15.5. The molecule has 7 heteroatoms.